The third-order valence-electron chi connectivity index (χ3n) is 2.58. The van der Waals surface area contributed by atoms with Crippen LogP contribution < -0.4 is 5.32 Å². The molecule has 2 rings (SSSR count). The van der Waals surface area contributed by atoms with Crippen LogP contribution in [0.15, 0.2) is 16.8 Å². The Kier molecular flexibility index (Phi) is 2.04. The molecule has 1 fully saturated rings. The maximum absolute atomic E-state index is 11.3. The molecule has 0 bridgehead atoms. The van der Waals surface area contributed by atoms with Crippen LogP contribution >= 0.6 is 0 Å². The minimum Gasteiger partial charge on any atom is -0.469 e. The van der Waals surface area contributed by atoms with E-state index in [1.165, 1.54) is 7.11 Å². The zero-order valence-electron chi connectivity index (χ0n) is 7.49. The number of nitrogens with one attached hydrogen (secondary N) is 1. The van der Waals surface area contributed by atoms with E-state index in [-0.39, 0.29) is 17.8 Å². The summed E-state index contributed by atoms with van der Waals surface area (Å²) in [4.78, 5) is 15.5. The average Bonchev–Trinajstić information content (AvgIpc) is 2.60. The van der Waals surface area contributed by atoms with Crippen molar-refractivity contribution in [1.82, 2.24) is 5.32 Å². The lowest BCUT2D eigenvalue weighted by Crippen LogP contribution is -2.26. The van der Waals surface area contributed by atoms with Crippen molar-refractivity contribution in [2.75, 3.05) is 20.2 Å². The number of hydrogen-bond acceptors (Lipinski definition) is 4. The third-order valence-corrected chi connectivity index (χ3v) is 2.58. The van der Waals surface area contributed by atoms with Crippen molar-refractivity contribution in [2.24, 2.45) is 16.8 Å². The zero-order chi connectivity index (χ0) is 9.26. The molecule has 1 saturated heterocycles. The zero-order valence-corrected chi connectivity index (χ0v) is 7.49. The summed E-state index contributed by atoms with van der Waals surface area (Å²) >= 11 is 0. The standard InChI is InChI=1S/C9H12N2O2/c1-13-9(12)7-5-11-8-2-3-10-4-6(7)8/h2-3,6-7,11H,4-5H2,1H3. The van der Waals surface area contributed by atoms with Gasteiger partial charge in [0.05, 0.1) is 13.0 Å². The second-order valence-corrected chi connectivity index (χ2v) is 3.25. The van der Waals surface area contributed by atoms with Crippen LogP contribution in [0.2, 0.25) is 0 Å². The van der Waals surface area contributed by atoms with E-state index in [0.29, 0.717) is 13.1 Å². The van der Waals surface area contributed by atoms with Gasteiger partial charge in [-0.05, 0) is 6.08 Å². The first-order valence-corrected chi connectivity index (χ1v) is 4.34. The molecule has 2 aliphatic heterocycles. The molecule has 70 valence electrons. The van der Waals surface area contributed by atoms with Gasteiger partial charge in [0.25, 0.3) is 0 Å². The van der Waals surface area contributed by atoms with E-state index in [9.17, 15) is 4.79 Å². The molecular weight excluding hydrogens is 168 g/mol. The van der Waals surface area contributed by atoms with Crippen molar-refractivity contribution in [1.29, 1.82) is 0 Å². The highest BCUT2D eigenvalue weighted by Gasteiger charge is 2.37. The average molecular weight is 180 g/mol. The minimum atomic E-state index is -0.141. The monoisotopic (exact) mass is 180 g/mol. The molecule has 0 aromatic heterocycles. The Morgan fingerprint density at radius 3 is 3.38 bits per heavy atom. The van der Waals surface area contributed by atoms with Crippen LogP contribution in [0.1, 0.15) is 0 Å². The first kappa shape index (κ1) is 8.29. The second kappa shape index (κ2) is 3.20. The summed E-state index contributed by atoms with van der Waals surface area (Å²) in [6, 6.07) is 0. The summed E-state index contributed by atoms with van der Waals surface area (Å²) in [5, 5.41) is 3.19. The van der Waals surface area contributed by atoms with Gasteiger partial charge in [0.1, 0.15) is 0 Å². The van der Waals surface area contributed by atoms with Crippen molar-refractivity contribution in [3.63, 3.8) is 0 Å². The Labute approximate surface area is 76.7 Å². The lowest BCUT2D eigenvalue weighted by atomic mass is 9.92. The van der Waals surface area contributed by atoms with Gasteiger partial charge in [0.15, 0.2) is 0 Å². The molecule has 0 saturated carbocycles. The highest BCUT2D eigenvalue weighted by atomic mass is 16.5. The third kappa shape index (κ3) is 1.32. The first-order chi connectivity index (χ1) is 6.33. The molecular formula is C9H12N2O2. The van der Waals surface area contributed by atoms with Gasteiger partial charge in [0, 0.05) is 30.9 Å². The SMILES string of the molecule is COC(=O)C1CNC2=CC=NCC21. The summed E-state index contributed by atoms with van der Waals surface area (Å²) < 4.78 is 4.73. The molecule has 0 aliphatic carbocycles. The number of carbonyl (C=O) groups excluding carboxylic acids is 1. The molecule has 0 spiro atoms. The van der Waals surface area contributed by atoms with Gasteiger partial charge >= 0.3 is 5.97 Å². The van der Waals surface area contributed by atoms with Crippen molar-refractivity contribution >= 4 is 12.2 Å². The number of ether oxygens (including phenoxy) is 1. The molecule has 0 aromatic carbocycles. The van der Waals surface area contributed by atoms with Gasteiger partial charge in [-0.15, -0.1) is 0 Å². The van der Waals surface area contributed by atoms with Gasteiger partial charge in [-0.25, -0.2) is 0 Å². The smallest absolute Gasteiger partial charge is 0.311 e. The number of esters is 1. The number of nitrogens with zero attached hydrogens (tertiary/aromatic N) is 1. The number of carbonyl (C=O) groups is 1. The molecule has 0 aromatic rings. The molecule has 2 aliphatic rings. The molecule has 2 heterocycles. The maximum atomic E-state index is 11.3. The van der Waals surface area contributed by atoms with E-state index in [1.54, 1.807) is 6.21 Å². The lowest BCUT2D eigenvalue weighted by molar-refractivity contribution is -0.145. The van der Waals surface area contributed by atoms with Crippen LogP contribution in [-0.4, -0.2) is 32.4 Å². The predicted molar refractivity (Wildman–Crippen MR) is 48.4 cm³/mol. The highest BCUT2D eigenvalue weighted by molar-refractivity contribution is 5.78. The second-order valence-electron chi connectivity index (χ2n) is 3.25. The Balaban J connectivity index is 2.14. The van der Waals surface area contributed by atoms with Crippen molar-refractivity contribution in [3.8, 4) is 0 Å². The summed E-state index contributed by atoms with van der Waals surface area (Å²) in [6.45, 7) is 1.37. The number of aliphatic imine (C=N–C) groups is 1. The van der Waals surface area contributed by atoms with Crippen molar-refractivity contribution in [2.45, 2.75) is 0 Å². The Hall–Kier alpha value is -1.32. The first-order valence-electron chi connectivity index (χ1n) is 4.34. The number of hydrogen-bond donors (Lipinski definition) is 1. The van der Waals surface area contributed by atoms with Gasteiger partial charge in [0.2, 0.25) is 0 Å². The number of fused-ring (bicyclic) bond motifs is 1. The number of allylic oxidation sites excluding steroid dienone is 1. The van der Waals surface area contributed by atoms with E-state index in [1.807, 2.05) is 6.08 Å². The van der Waals surface area contributed by atoms with Gasteiger partial charge in [-0.3, -0.25) is 9.79 Å². The van der Waals surface area contributed by atoms with Gasteiger partial charge in [-0.2, -0.15) is 0 Å². The molecule has 1 N–H and O–H groups in total. The fourth-order valence-corrected chi connectivity index (χ4v) is 1.83. The van der Waals surface area contributed by atoms with E-state index in [2.05, 4.69) is 10.3 Å². The highest BCUT2D eigenvalue weighted by Crippen LogP contribution is 2.28. The maximum Gasteiger partial charge on any atom is 0.311 e. The molecule has 2 unspecified atom stereocenters. The van der Waals surface area contributed by atoms with E-state index < -0.39 is 0 Å². The Morgan fingerprint density at radius 1 is 1.77 bits per heavy atom. The fraction of sp³-hybridized carbons (Fsp3) is 0.556. The van der Waals surface area contributed by atoms with E-state index in [0.717, 1.165) is 5.70 Å². The lowest BCUT2D eigenvalue weighted by Gasteiger charge is -2.16. The number of rotatable bonds is 1. The summed E-state index contributed by atoms with van der Waals surface area (Å²) in [5.74, 6) is 0.00384. The predicted octanol–water partition coefficient (Wildman–Crippen LogP) is -0.0367. The normalized spacial score (nSPS) is 30.4. The van der Waals surface area contributed by atoms with Crippen LogP contribution in [0.3, 0.4) is 0 Å². The van der Waals surface area contributed by atoms with Crippen LogP contribution in [0.5, 0.6) is 0 Å². The molecule has 0 amide bonds. The molecule has 13 heavy (non-hydrogen) atoms. The molecule has 2 atom stereocenters. The summed E-state index contributed by atoms with van der Waals surface area (Å²) in [5.41, 5.74) is 1.12. The van der Waals surface area contributed by atoms with E-state index in [4.69, 9.17) is 4.74 Å². The largest absolute Gasteiger partial charge is 0.469 e. The fourth-order valence-electron chi connectivity index (χ4n) is 1.83. The van der Waals surface area contributed by atoms with Gasteiger partial charge in [-0.1, -0.05) is 0 Å². The minimum absolute atomic E-state index is 0.0614. The Bertz CT molecular complexity index is 283. The van der Waals surface area contributed by atoms with Crippen LogP contribution in [0.4, 0.5) is 0 Å². The Morgan fingerprint density at radius 2 is 2.62 bits per heavy atom. The quantitative estimate of drug-likeness (QED) is 0.576. The summed E-state index contributed by atoms with van der Waals surface area (Å²) in [6.07, 6.45) is 3.70. The van der Waals surface area contributed by atoms with Gasteiger partial charge < -0.3 is 10.1 Å². The number of methoxy groups -OCH3 is 1. The molecule has 0 radical (unpaired) electrons. The summed E-state index contributed by atoms with van der Waals surface area (Å²) in [7, 11) is 1.43. The topological polar surface area (TPSA) is 50.7 Å². The van der Waals surface area contributed by atoms with Crippen LogP contribution in [0.25, 0.3) is 0 Å². The van der Waals surface area contributed by atoms with Crippen molar-refractivity contribution in [3.05, 3.63) is 11.8 Å². The van der Waals surface area contributed by atoms with Crippen LogP contribution in [-0.2, 0) is 9.53 Å². The molecule has 4 heteroatoms. The number of dihydropyridines is 1. The van der Waals surface area contributed by atoms with E-state index >= 15 is 0 Å². The van der Waals surface area contributed by atoms with Crippen LogP contribution in [0, 0.1) is 11.8 Å². The van der Waals surface area contributed by atoms with Crippen molar-refractivity contribution < 1.29 is 9.53 Å². The molecule has 4 nitrogen and oxygen atoms in total.